The summed E-state index contributed by atoms with van der Waals surface area (Å²) in [5.41, 5.74) is 0.0779. The van der Waals surface area contributed by atoms with Crippen molar-refractivity contribution in [3.63, 3.8) is 0 Å². The van der Waals surface area contributed by atoms with Gasteiger partial charge < -0.3 is 10.0 Å². The van der Waals surface area contributed by atoms with Crippen molar-refractivity contribution in [2.75, 3.05) is 11.4 Å². The van der Waals surface area contributed by atoms with Crippen molar-refractivity contribution in [2.24, 2.45) is 11.1 Å². The number of nitrogens with zero attached hydrogens (tertiary/aromatic N) is 1. The fraction of sp³-hybridized carbons (Fsp3) is 0.417. The van der Waals surface area contributed by atoms with E-state index in [0.29, 0.717) is 13.0 Å². The molecule has 2 unspecified atom stereocenters. The minimum absolute atomic E-state index is 0.0779. The molecule has 1 aromatic rings. The summed E-state index contributed by atoms with van der Waals surface area (Å²) in [6, 6.07) is 2.43. The Morgan fingerprint density at radius 3 is 2.65 bits per heavy atom. The summed E-state index contributed by atoms with van der Waals surface area (Å²) in [4.78, 5) is 12.4. The lowest BCUT2D eigenvalue weighted by atomic mass is 10.0. The number of carboxylic acid groups (broad SMARTS) is 1. The third-order valence-electron chi connectivity index (χ3n) is 3.51. The van der Waals surface area contributed by atoms with E-state index >= 15 is 0 Å². The molecule has 1 aromatic carbocycles. The number of sulfonamides is 1. The second kappa shape index (κ2) is 5.02. The quantitative estimate of drug-likeness (QED) is 0.859. The Kier molecular flexibility index (Phi) is 3.70. The largest absolute Gasteiger partial charge is 0.480 e. The van der Waals surface area contributed by atoms with E-state index in [4.69, 9.17) is 5.14 Å². The van der Waals surface area contributed by atoms with Gasteiger partial charge in [0, 0.05) is 6.54 Å². The van der Waals surface area contributed by atoms with Gasteiger partial charge in [-0.25, -0.2) is 22.7 Å². The zero-order valence-corrected chi connectivity index (χ0v) is 11.6. The van der Waals surface area contributed by atoms with Crippen molar-refractivity contribution in [3.8, 4) is 0 Å². The molecule has 0 aliphatic carbocycles. The molecule has 1 heterocycles. The number of carboxylic acids is 1. The van der Waals surface area contributed by atoms with Gasteiger partial charge in [-0.15, -0.1) is 0 Å². The van der Waals surface area contributed by atoms with E-state index in [1.165, 1.54) is 17.0 Å². The Morgan fingerprint density at radius 2 is 2.15 bits per heavy atom. The monoisotopic (exact) mass is 302 g/mol. The fourth-order valence-electron chi connectivity index (χ4n) is 2.49. The normalized spacial score (nSPS) is 23.1. The molecule has 110 valence electrons. The van der Waals surface area contributed by atoms with E-state index in [-0.39, 0.29) is 16.5 Å². The third-order valence-corrected chi connectivity index (χ3v) is 4.42. The summed E-state index contributed by atoms with van der Waals surface area (Å²) in [7, 11) is -3.98. The van der Waals surface area contributed by atoms with Gasteiger partial charge in [-0.2, -0.15) is 0 Å². The summed E-state index contributed by atoms with van der Waals surface area (Å²) in [6.45, 7) is 2.19. The Labute approximate surface area is 116 Å². The van der Waals surface area contributed by atoms with Crippen molar-refractivity contribution in [1.29, 1.82) is 0 Å². The molecule has 1 fully saturated rings. The molecule has 2 atom stereocenters. The highest BCUT2D eigenvalue weighted by Gasteiger charge is 2.37. The molecular weight excluding hydrogens is 287 g/mol. The lowest BCUT2D eigenvalue weighted by Crippen LogP contribution is -2.39. The van der Waals surface area contributed by atoms with E-state index in [2.05, 4.69) is 0 Å². The first-order valence-corrected chi connectivity index (χ1v) is 7.58. The van der Waals surface area contributed by atoms with Crippen LogP contribution in [0, 0.1) is 11.7 Å². The minimum Gasteiger partial charge on any atom is -0.480 e. The maximum atomic E-state index is 14.0. The first kappa shape index (κ1) is 14.7. The van der Waals surface area contributed by atoms with E-state index in [9.17, 15) is 22.7 Å². The topological polar surface area (TPSA) is 101 Å². The van der Waals surface area contributed by atoms with Crippen LogP contribution >= 0.6 is 0 Å². The Morgan fingerprint density at radius 1 is 1.50 bits per heavy atom. The van der Waals surface area contributed by atoms with Gasteiger partial charge in [-0.3, -0.25) is 0 Å². The molecule has 0 bridgehead atoms. The summed E-state index contributed by atoms with van der Waals surface area (Å²) < 4.78 is 36.3. The average Bonchev–Trinajstić information content (AvgIpc) is 2.69. The molecule has 0 spiro atoms. The Bertz CT molecular complexity index is 647. The average molecular weight is 302 g/mol. The van der Waals surface area contributed by atoms with Crippen LogP contribution in [0.4, 0.5) is 10.1 Å². The molecule has 8 heteroatoms. The van der Waals surface area contributed by atoms with Crippen molar-refractivity contribution in [3.05, 3.63) is 24.0 Å². The molecule has 20 heavy (non-hydrogen) atoms. The second-order valence-electron chi connectivity index (χ2n) is 4.90. The van der Waals surface area contributed by atoms with Gasteiger partial charge in [-0.1, -0.05) is 6.92 Å². The molecule has 0 aromatic heterocycles. The highest BCUT2D eigenvalue weighted by molar-refractivity contribution is 7.89. The summed E-state index contributed by atoms with van der Waals surface area (Å²) in [6.07, 6.45) is 0.632. The van der Waals surface area contributed by atoms with E-state index in [1.807, 2.05) is 0 Å². The van der Waals surface area contributed by atoms with Crippen LogP contribution in [0.25, 0.3) is 0 Å². The van der Waals surface area contributed by atoms with Crippen LogP contribution in [-0.2, 0) is 14.8 Å². The maximum Gasteiger partial charge on any atom is 0.326 e. The Hall–Kier alpha value is -1.67. The molecule has 0 radical (unpaired) electrons. The van der Waals surface area contributed by atoms with Gasteiger partial charge in [0.05, 0.1) is 10.6 Å². The number of primary sulfonamides is 1. The van der Waals surface area contributed by atoms with Gasteiger partial charge in [0.2, 0.25) is 10.0 Å². The number of anilines is 1. The molecular formula is C12H15FN2O4S. The van der Waals surface area contributed by atoms with Gasteiger partial charge in [-0.05, 0) is 30.5 Å². The van der Waals surface area contributed by atoms with Crippen LogP contribution in [0.15, 0.2) is 23.1 Å². The summed E-state index contributed by atoms with van der Waals surface area (Å²) >= 11 is 0. The Balaban J connectivity index is 2.41. The SMILES string of the molecule is CC1CCN(c2ccc(S(N)(=O)=O)cc2F)C1C(=O)O. The number of halogens is 1. The smallest absolute Gasteiger partial charge is 0.326 e. The van der Waals surface area contributed by atoms with Crippen molar-refractivity contribution < 1.29 is 22.7 Å². The van der Waals surface area contributed by atoms with E-state index in [1.54, 1.807) is 6.92 Å². The molecule has 2 rings (SSSR count). The van der Waals surface area contributed by atoms with Crippen LogP contribution in [-0.4, -0.2) is 32.1 Å². The summed E-state index contributed by atoms with van der Waals surface area (Å²) in [5.74, 6) is -1.92. The molecule has 0 amide bonds. The van der Waals surface area contributed by atoms with Gasteiger partial charge in [0.25, 0.3) is 0 Å². The number of rotatable bonds is 3. The molecule has 0 saturated carbocycles. The predicted octanol–water partition coefficient (Wildman–Crippen LogP) is 0.772. The van der Waals surface area contributed by atoms with Gasteiger partial charge in [0.15, 0.2) is 0 Å². The molecule has 6 nitrogen and oxygen atoms in total. The lowest BCUT2D eigenvalue weighted by Gasteiger charge is -2.26. The van der Waals surface area contributed by atoms with Crippen LogP contribution in [0.5, 0.6) is 0 Å². The zero-order chi connectivity index (χ0) is 15.1. The zero-order valence-electron chi connectivity index (χ0n) is 10.8. The first-order chi connectivity index (χ1) is 9.21. The number of hydrogen-bond acceptors (Lipinski definition) is 4. The van der Waals surface area contributed by atoms with Crippen LogP contribution in [0.3, 0.4) is 0 Å². The number of hydrogen-bond donors (Lipinski definition) is 2. The number of benzene rings is 1. The van der Waals surface area contributed by atoms with Crippen molar-refractivity contribution in [2.45, 2.75) is 24.3 Å². The number of carbonyl (C=O) groups is 1. The van der Waals surface area contributed by atoms with Crippen LogP contribution in [0.2, 0.25) is 0 Å². The van der Waals surface area contributed by atoms with Crippen LogP contribution < -0.4 is 10.0 Å². The molecule has 1 aliphatic heterocycles. The van der Waals surface area contributed by atoms with E-state index < -0.39 is 27.9 Å². The van der Waals surface area contributed by atoms with E-state index in [0.717, 1.165) is 6.07 Å². The standard InChI is InChI=1S/C12H15FN2O4S/c1-7-4-5-15(11(7)12(16)17)10-3-2-8(6-9(10)13)20(14,18)19/h2-3,6-7,11H,4-5H2,1H3,(H,16,17)(H2,14,18,19). The number of nitrogens with two attached hydrogens (primary N) is 1. The van der Waals surface area contributed by atoms with Crippen molar-refractivity contribution >= 4 is 21.7 Å². The van der Waals surface area contributed by atoms with Gasteiger partial charge in [0.1, 0.15) is 11.9 Å². The molecule has 1 aliphatic rings. The molecule has 1 saturated heterocycles. The van der Waals surface area contributed by atoms with Gasteiger partial charge >= 0.3 is 5.97 Å². The maximum absolute atomic E-state index is 14.0. The van der Waals surface area contributed by atoms with Crippen LogP contribution in [0.1, 0.15) is 13.3 Å². The third kappa shape index (κ3) is 2.61. The molecule has 3 N–H and O–H groups in total. The van der Waals surface area contributed by atoms with Crippen molar-refractivity contribution in [1.82, 2.24) is 0 Å². The second-order valence-corrected chi connectivity index (χ2v) is 6.46. The highest BCUT2D eigenvalue weighted by atomic mass is 32.2. The first-order valence-electron chi connectivity index (χ1n) is 6.03. The predicted molar refractivity (Wildman–Crippen MR) is 70.3 cm³/mol. The fourth-order valence-corrected chi connectivity index (χ4v) is 3.02. The minimum atomic E-state index is -3.98. The lowest BCUT2D eigenvalue weighted by molar-refractivity contribution is -0.139. The number of aliphatic carboxylic acids is 1. The summed E-state index contributed by atoms with van der Waals surface area (Å²) in [5, 5.41) is 14.1. The highest BCUT2D eigenvalue weighted by Crippen LogP contribution is 2.32.